The van der Waals surface area contributed by atoms with E-state index in [0.717, 1.165) is 15.7 Å². The Balaban J connectivity index is 1.93. The van der Waals surface area contributed by atoms with Crippen molar-refractivity contribution in [1.29, 1.82) is 0 Å². The first kappa shape index (κ1) is 13.4. The lowest BCUT2D eigenvalue weighted by atomic mass is 10.2. The molecular formula is C14H13N5OS. The van der Waals surface area contributed by atoms with Crippen LogP contribution in [0.4, 0.5) is 5.69 Å². The molecule has 3 N–H and O–H groups in total. The Morgan fingerprint density at radius 2 is 2.14 bits per heavy atom. The van der Waals surface area contributed by atoms with Crippen molar-refractivity contribution in [3.05, 3.63) is 48.2 Å². The van der Waals surface area contributed by atoms with Gasteiger partial charge in [0.15, 0.2) is 10.8 Å². The third kappa shape index (κ3) is 2.55. The maximum absolute atomic E-state index is 11.6. The summed E-state index contributed by atoms with van der Waals surface area (Å²) in [6, 6.07) is 10.9. The zero-order valence-corrected chi connectivity index (χ0v) is 12.1. The second-order valence-corrected chi connectivity index (χ2v) is 5.35. The molecule has 0 aliphatic carbocycles. The van der Waals surface area contributed by atoms with Crippen LogP contribution in [0.2, 0.25) is 0 Å². The highest BCUT2D eigenvalue weighted by Gasteiger charge is 2.11. The van der Waals surface area contributed by atoms with Crippen LogP contribution in [0.1, 0.15) is 10.4 Å². The summed E-state index contributed by atoms with van der Waals surface area (Å²) in [5.41, 5.74) is 7.86. The zero-order valence-electron chi connectivity index (χ0n) is 11.3. The molecule has 1 aromatic carbocycles. The molecule has 7 heteroatoms. The van der Waals surface area contributed by atoms with E-state index in [1.165, 1.54) is 11.8 Å². The van der Waals surface area contributed by atoms with E-state index in [1.807, 2.05) is 34.9 Å². The molecule has 0 radical (unpaired) electrons. The summed E-state index contributed by atoms with van der Waals surface area (Å²) in [5.74, 6) is -0.161. The minimum atomic E-state index is -0.161. The van der Waals surface area contributed by atoms with Gasteiger partial charge in [0.25, 0.3) is 5.91 Å². The molecule has 0 atom stereocenters. The molecule has 0 spiro atoms. The molecule has 0 aliphatic rings. The number of carbonyl (C=O) groups excluding carboxylic acids is 1. The van der Waals surface area contributed by atoms with Crippen molar-refractivity contribution >= 4 is 29.0 Å². The lowest BCUT2D eigenvalue weighted by Crippen LogP contribution is -2.17. The molecule has 6 nitrogen and oxygen atoms in total. The Morgan fingerprint density at radius 1 is 1.29 bits per heavy atom. The van der Waals surface area contributed by atoms with Gasteiger partial charge >= 0.3 is 0 Å². The Labute approximate surface area is 125 Å². The molecule has 0 unspecified atom stereocenters. The van der Waals surface area contributed by atoms with Crippen LogP contribution < -0.4 is 11.1 Å². The number of hydrogen-bond donors (Lipinski definition) is 2. The van der Waals surface area contributed by atoms with Crippen LogP contribution in [0, 0.1) is 0 Å². The molecule has 0 saturated heterocycles. The van der Waals surface area contributed by atoms with Gasteiger partial charge in [-0.05, 0) is 42.1 Å². The SMILES string of the molecule is CNC(=O)c1ccc(Sc2nnc3ccccn23)c(N)c1. The third-order valence-corrected chi connectivity index (χ3v) is 4.04. The van der Waals surface area contributed by atoms with Crippen LogP contribution in [0.25, 0.3) is 5.65 Å². The fraction of sp³-hybridized carbons (Fsp3) is 0.0714. The molecule has 0 aliphatic heterocycles. The van der Waals surface area contributed by atoms with E-state index in [1.54, 1.807) is 19.2 Å². The average molecular weight is 299 g/mol. The second-order valence-electron chi connectivity index (χ2n) is 4.35. The van der Waals surface area contributed by atoms with Crippen molar-refractivity contribution in [3.8, 4) is 0 Å². The lowest BCUT2D eigenvalue weighted by Gasteiger charge is -2.06. The Bertz CT molecular complexity index is 814. The maximum atomic E-state index is 11.6. The Kier molecular flexibility index (Phi) is 3.49. The molecule has 0 fully saturated rings. The van der Waals surface area contributed by atoms with Crippen molar-refractivity contribution in [3.63, 3.8) is 0 Å². The van der Waals surface area contributed by atoms with E-state index in [2.05, 4.69) is 15.5 Å². The number of amides is 1. The Morgan fingerprint density at radius 3 is 2.90 bits per heavy atom. The number of anilines is 1. The van der Waals surface area contributed by atoms with Crippen LogP contribution >= 0.6 is 11.8 Å². The van der Waals surface area contributed by atoms with Gasteiger partial charge < -0.3 is 11.1 Å². The first-order chi connectivity index (χ1) is 10.2. The minimum Gasteiger partial charge on any atom is -0.398 e. The van der Waals surface area contributed by atoms with Gasteiger partial charge in [0.05, 0.1) is 0 Å². The number of pyridine rings is 1. The molecule has 2 aromatic heterocycles. The summed E-state index contributed by atoms with van der Waals surface area (Å²) < 4.78 is 1.89. The summed E-state index contributed by atoms with van der Waals surface area (Å²) in [7, 11) is 1.59. The number of rotatable bonds is 3. The van der Waals surface area contributed by atoms with Gasteiger partial charge in [0, 0.05) is 29.4 Å². The molecule has 3 aromatic rings. The van der Waals surface area contributed by atoms with E-state index in [4.69, 9.17) is 5.73 Å². The molecule has 1 amide bonds. The van der Waals surface area contributed by atoms with Gasteiger partial charge in [-0.25, -0.2) is 0 Å². The molecule has 2 heterocycles. The molecule has 0 saturated carbocycles. The van der Waals surface area contributed by atoms with E-state index in [-0.39, 0.29) is 5.91 Å². The minimum absolute atomic E-state index is 0.161. The van der Waals surface area contributed by atoms with Crippen LogP contribution in [0.5, 0.6) is 0 Å². The van der Waals surface area contributed by atoms with E-state index in [0.29, 0.717) is 11.3 Å². The van der Waals surface area contributed by atoms with Gasteiger partial charge in [-0.3, -0.25) is 9.20 Å². The number of nitrogen functional groups attached to an aromatic ring is 1. The summed E-state index contributed by atoms with van der Waals surface area (Å²) >= 11 is 1.41. The number of fused-ring (bicyclic) bond motifs is 1. The average Bonchev–Trinajstić information content (AvgIpc) is 2.92. The molecular weight excluding hydrogens is 286 g/mol. The van der Waals surface area contributed by atoms with E-state index < -0.39 is 0 Å². The first-order valence-electron chi connectivity index (χ1n) is 6.28. The quantitative estimate of drug-likeness (QED) is 0.721. The molecule has 21 heavy (non-hydrogen) atoms. The van der Waals surface area contributed by atoms with Crippen LogP contribution in [0.3, 0.4) is 0 Å². The monoisotopic (exact) mass is 299 g/mol. The van der Waals surface area contributed by atoms with Gasteiger partial charge in [0.1, 0.15) is 0 Å². The van der Waals surface area contributed by atoms with Gasteiger partial charge in [-0.2, -0.15) is 0 Å². The number of hydrogen-bond acceptors (Lipinski definition) is 5. The van der Waals surface area contributed by atoms with E-state index >= 15 is 0 Å². The van der Waals surface area contributed by atoms with Crippen molar-refractivity contribution < 1.29 is 4.79 Å². The summed E-state index contributed by atoms with van der Waals surface area (Å²) in [6.07, 6.45) is 1.90. The summed E-state index contributed by atoms with van der Waals surface area (Å²) in [5, 5.41) is 11.5. The second kappa shape index (κ2) is 5.45. The largest absolute Gasteiger partial charge is 0.398 e. The van der Waals surface area contributed by atoms with E-state index in [9.17, 15) is 4.79 Å². The highest BCUT2D eigenvalue weighted by Crippen LogP contribution is 2.31. The predicted molar refractivity (Wildman–Crippen MR) is 81.4 cm³/mol. The Hall–Kier alpha value is -2.54. The molecule has 106 valence electrons. The molecule has 3 rings (SSSR count). The topological polar surface area (TPSA) is 85.3 Å². The first-order valence-corrected chi connectivity index (χ1v) is 7.10. The zero-order chi connectivity index (χ0) is 14.8. The summed E-state index contributed by atoms with van der Waals surface area (Å²) in [6.45, 7) is 0. The highest BCUT2D eigenvalue weighted by molar-refractivity contribution is 7.99. The third-order valence-electron chi connectivity index (χ3n) is 2.98. The van der Waals surface area contributed by atoms with Crippen LogP contribution in [-0.2, 0) is 0 Å². The highest BCUT2D eigenvalue weighted by atomic mass is 32.2. The number of nitrogens with zero attached hydrogens (tertiary/aromatic N) is 3. The number of benzene rings is 1. The standard InChI is InChI=1S/C14H13N5OS/c1-16-13(20)9-5-6-11(10(15)8-9)21-14-18-17-12-4-2-3-7-19(12)14/h2-8H,15H2,1H3,(H,16,20). The van der Waals surface area contributed by atoms with Crippen molar-refractivity contribution in [2.75, 3.05) is 12.8 Å². The van der Waals surface area contributed by atoms with Crippen molar-refractivity contribution in [1.82, 2.24) is 19.9 Å². The maximum Gasteiger partial charge on any atom is 0.251 e. The lowest BCUT2D eigenvalue weighted by molar-refractivity contribution is 0.0963. The van der Waals surface area contributed by atoms with Crippen LogP contribution in [-0.4, -0.2) is 27.6 Å². The fourth-order valence-electron chi connectivity index (χ4n) is 1.91. The van der Waals surface area contributed by atoms with Gasteiger partial charge in [0.2, 0.25) is 0 Å². The number of aromatic nitrogens is 3. The summed E-state index contributed by atoms with van der Waals surface area (Å²) in [4.78, 5) is 12.4. The predicted octanol–water partition coefficient (Wildman–Crippen LogP) is 1.82. The number of carbonyl (C=O) groups is 1. The number of nitrogens with one attached hydrogen (secondary N) is 1. The van der Waals surface area contributed by atoms with Gasteiger partial charge in [-0.1, -0.05) is 6.07 Å². The van der Waals surface area contributed by atoms with Crippen LogP contribution in [0.15, 0.2) is 52.6 Å². The fourth-order valence-corrected chi connectivity index (χ4v) is 2.76. The normalized spacial score (nSPS) is 10.7. The number of nitrogens with two attached hydrogens (primary N) is 1. The van der Waals surface area contributed by atoms with Crippen molar-refractivity contribution in [2.45, 2.75) is 10.1 Å². The van der Waals surface area contributed by atoms with Crippen molar-refractivity contribution in [2.24, 2.45) is 0 Å². The smallest absolute Gasteiger partial charge is 0.251 e. The van der Waals surface area contributed by atoms with Gasteiger partial charge in [-0.15, -0.1) is 10.2 Å². The molecule has 0 bridgehead atoms.